The molecule has 0 aliphatic carbocycles. The maximum atomic E-state index is 13.4. The van der Waals surface area contributed by atoms with E-state index in [-0.39, 0.29) is 17.0 Å². The van der Waals surface area contributed by atoms with Crippen molar-refractivity contribution < 1.29 is 17.2 Å². The van der Waals surface area contributed by atoms with Gasteiger partial charge in [0.15, 0.2) is 0 Å². The van der Waals surface area contributed by atoms with Crippen LogP contribution in [0, 0.1) is 25.5 Å². The summed E-state index contributed by atoms with van der Waals surface area (Å²) in [7, 11) is -3.84. The first-order valence-electron chi connectivity index (χ1n) is 5.76. The summed E-state index contributed by atoms with van der Waals surface area (Å²) in [4.78, 5) is 0.0225. The predicted molar refractivity (Wildman–Crippen MR) is 68.4 cm³/mol. The molecule has 2 rings (SSSR count). The standard InChI is InChI=1S/C12H13F2N3O2S/c1-7-12(8(2)17-16-7)20(18,19)15-6-9-5-10(13)3-4-11(9)14/h3-5,15H,6H2,1-2H3,(H,16,17). The van der Waals surface area contributed by atoms with E-state index in [0.717, 1.165) is 18.2 Å². The lowest BCUT2D eigenvalue weighted by Gasteiger charge is -2.08. The Labute approximate surface area is 115 Å². The molecule has 0 spiro atoms. The molecule has 0 aliphatic heterocycles. The van der Waals surface area contributed by atoms with E-state index in [2.05, 4.69) is 14.9 Å². The number of hydrogen-bond acceptors (Lipinski definition) is 3. The Balaban J connectivity index is 2.24. The zero-order valence-corrected chi connectivity index (χ0v) is 11.7. The molecular weight excluding hydrogens is 288 g/mol. The lowest BCUT2D eigenvalue weighted by atomic mass is 10.2. The first-order chi connectivity index (χ1) is 9.31. The summed E-state index contributed by atoms with van der Waals surface area (Å²) in [5.41, 5.74) is 0.636. The van der Waals surface area contributed by atoms with Gasteiger partial charge in [-0.25, -0.2) is 21.9 Å². The van der Waals surface area contributed by atoms with Gasteiger partial charge in [0.05, 0.1) is 11.4 Å². The van der Waals surface area contributed by atoms with Crippen molar-refractivity contribution in [2.45, 2.75) is 25.3 Å². The van der Waals surface area contributed by atoms with Crippen LogP contribution in [0.25, 0.3) is 0 Å². The largest absolute Gasteiger partial charge is 0.281 e. The van der Waals surface area contributed by atoms with E-state index in [1.807, 2.05) is 0 Å². The molecule has 0 saturated carbocycles. The zero-order chi connectivity index (χ0) is 14.9. The Bertz CT molecular complexity index is 722. The third-order valence-corrected chi connectivity index (χ3v) is 4.45. The van der Waals surface area contributed by atoms with E-state index >= 15 is 0 Å². The van der Waals surface area contributed by atoms with Gasteiger partial charge in [-0.3, -0.25) is 5.10 Å². The van der Waals surface area contributed by atoms with Crippen molar-refractivity contribution in [3.63, 3.8) is 0 Å². The fraction of sp³-hybridized carbons (Fsp3) is 0.250. The highest BCUT2D eigenvalue weighted by molar-refractivity contribution is 7.89. The van der Waals surface area contributed by atoms with E-state index in [1.165, 1.54) is 0 Å². The molecule has 5 nitrogen and oxygen atoms in total. The van der Waals surface area contributed by atoms with Gasteiger partial charge < -0.3 is 0 Å². The van der Waals surface area contributed by atoms with Crippen LogP contribution >= 0.6 is 0 Å². The summed E-state index contributed by atoms with van der Waals surface area (Å²) in [6.07, 6.45) is 0. The minimum absolute atomic E-state index is 0.0225. The lowest BCUT2D eigenvalue weighted by molar-refractivity contribution is 0.566. The molecule has 1 aromatic carbocycles. The molecule has 0 saturated heterocycles. The molecule has 0 unspecified atom stereocenters. The lowest BCUT2D eigenvalue weighted by Crippen LogP contribution is -2.24. The van der Waals surface area contributed by atoms with Gasteiger partial charge in [0.1, 0.15) is 16.5 Å². The highest BCUT2D eigenvalue weighted by Gasteiger charge is 2.22. The van der Waals surface area contributed by atoms with E-state index in [4.69, 9.17) is 0 Å². The molecular formula is C12H13F2N3O2S. The Morgan fingerprint density at radius 1 is 1.30 bits per heavy atom. The molecule has 0 aliphatic rings. The summed E-state index contributed by atoms with van der Waals surface area (Å²) in [6.45, 7) is 2.77. The van der Waals surface area contributed by atoms with Crippen molar-refractivity contribution in [2.24, 2.45) is 0 Å². The molecule has 0 bridgehead atoms. The molecule has 20 heavy (non-hydrogen) atoms. The second-order valence-electron chi connectivity index (χ2n) is 4.32. The molecule has 0 radical (unpaired) electrons. The number of rotatable bonds is 4. The second-order valence-corrected chi connectivity index (χ2v) is 6.03. The highest BCUT2D eigenvalue weighted by atomic mass is 32.2. The number of aromatic nitrogens is 2. The highest BCUT2D eigenvalue weighted by Crippen LogP contribution is 2.17. The number of hydrogen-bond donors (Lipinski definition) is 2. The van der Waals surface area contributed by atoms with E-state index in [1.54, 1.807) is 13.8 Å². The number of aromatic amines is 1. The first kappa shape index (κ1) is 14.6. The topological polar surface area (TPSA) is 74.8 Å². The molecule has 1 aromatic heterocycles. The van der Waals surface area contributed by atoms with Crippen molar-refractivity contribution in [3.05, 3.63) is 46.8 Å². The first-order valence-corrected chi connectivity index (χ1v) is 7.25. The van der Waals surface area contributed by atoms with Crippen LogP contribution in [0.1, 0.15) is 17.0 Å². The normalized spacial score (nSPS) is 11.8. The molecule has 108 valence electrons. The summed E-state index contributed by atoms with van der Waals surface area (Å²) >= 11 is 0. The molecule has 2 N–H and O–H groups in total. The van der Waals surface area contributed by atoms with Crippen LogP contribution in [-0.2, 0) is 16.6 Å². The monoisotopic (exact) mass is 301 g/mol. The maximum absolute atomic E-state index is 13.4. The van der Waals surface area contributed by atoms with Crippen LogP contribution in [0.15, 0.2) is 23.1 Å². The number of H-pyrrole nitrogens is 1. The third kappa shape index (κ3) is 2.86. The van der Waals surface area contributed by atoms with Gasteiger partial charge in [0.2, 0.25) is 10.0 Å². The van der Waals surface area contributed by atoms with E-state index in [0.29, 0.717) is 11.4 Å². The Morgan fingerprint density at radius 3 is 2.60 bits per heavy atom. The summed E-state index contributed by atoms with van der Waals surface area (Å²) < 4.78 is 52.9. The number of sulfonamides is 1. The van der Waals surface area contributed by atoms with Crippen LogP contribution in [0.3, 0.4) is 0 Å². The van der Waals surface area contributed by atoms with Crippen molar-refractivity contribution in [1.29, 1.82) is 0 Å². The van der Waals surface area contributed by atoms with Gasteiger partial charge in [-0.1, -0.05) is 0 Å². The average Bonchev–Trinajstić information content (AvgIpc) is 2.71. The number of halogens is 2. The quantitative estimate of drug-likeness (QED) is 0.904. The zero-order valence-electron chi connectivity index (χ0n) is 10.9. The number of nitrogens with zero attached hydrogens (tertiary/aromatic N) is 1. The Hall–Kier alpha value is -1.80. The van der Waals surface area contributed by atoms with Crippen molar-refractivity contribution in [2.75, 3.05) is 0 Å². The van der Waals surface area contributed by atoms with Crippen LogP contribution in [-0.4, -0.2) is 18.6 Å². The fourth-order valence-corrected chi connectivity index (χ4v) is 3.23. The summed E-state index contributed by atoms with van der Waals surface area (Å²) in [6, 6.07) is 2.87. The molecule has 8 heteroatoms. The van der Waals surface area contributed by atoms with Gasteiger partial charge in [-0.2, -0.15) is 5.10 Å². The van der Waals surface area contributed by atoms with Crippen LogP contribution in [0.5, 0.6) is 0 Å². The predicted octanol–water partition coefficient (Wildman–Crippen LogP) is 1.78. The SMILES string of the molecule is Cc1n[nH]c(C)c1S(=O)(=O)NCc1cc(F)ccc1F. The maximum Gasteiger partial charge on any atom is 0.244 e. The fourth-order valence-electron chi connectivity index (χ4n) is 1.86. The molecule has 0 fully saturated rings. The van der Waals surface area contributed by atoms with Gasteiger partial charge in [-0.05, 0) is 32.0 Å². The second kappa shape index (κ2) is 5.29. The summed E-state index contributed by atoms with van der Waals surface area (Å²) in [5, 5.41) is 6.35. The minimum atomic E-state index is -3.84. The molecule has 0 atom stereocenters. The van der Waals surface area contributed by atoms with Crippen molar-refractivity contribution in [3.8, 4) is 0 Å². The molecule has 0 amide bonds. The van der Waals surface area contributed by atoms with Crippen LogP contribution in [0.2, 0.25) is 0 Å². The Morgan fingerprint density at radius 2 is 2.00 bits per heavy atom. The van der Waals surface area contributed by atoms with Gasteiger partial charge in [0.25, 0.3) is 0 Å². The van der Waals surface area contributed by atoms with Gasteiger partial charge in [-0.15, -0.1) is 0 Å². The minimum Gasteiger partial charge on any atom is -0.281 e. The molecule has 1 heterocycles. The van der Waals surface area contributed by atoms with Crippen LogP contribution in [0.4, 0.5) is 8.78 Å². The van der Waals surface area contributed by atoms with E-state index in [9.17, 15) is 17.2 Å². The van der Waals surface area contributed by atoms with Crippen molar-refractivity contribution in [1.82, 2.24) is 14.9 Å². The Kier molecular flexibility index (Phi) is 3.87. The van der Waals surface area contributed by atoms with Gasteiger partial charge >= 0.3 is 0 Å². The van der Waals surface area contributed by atoms with Crippen molar-refractivity contribution >= 4 is 10.0 Å². The number of benzene rings is 1. The van der Waals surface area contributed by atoms with Crippen LogP contribution < -0.4 is 4.72 Å². The van der Waals surface area contributed by atoms with Gasteiger partial charge in [0, 0.05) is 12.1 Å². The third-order valence-electron chi connectivity index (χ3n) is 2.79. The summed E-state index contributed by atoms with van der Waals surface area (Å²) in [5.74, 6) is -1.30. The van der Waals surface area contributed by atoms with E-state index < -0.39 is 21.7 Å². The number of aryl methyl sites for hydroxylation is 2. The average molecular weight is 301 g/mol. The smallest absolute Gasteiger partial charge is 0.244 e. The molecule has 2 aromatic rings. The number of nitrogens with one attached hydrogen (secondary N) is 2.